The molecule has 2 unspecified atom stereocenters. The molecule has 3 heterocycles. The van der Waals surface area contributed by atoms with Crippen LogP contribution < -0.4 is 20.1 Å². The molecule has 0 radical (unpaired) electrons. The zero-order valence-electron chi connectivity index (χ0n) is 10.3. The van der Waals surface area contributed by atoms with Crippen molar-refractivity contribution in [1.82, 2.24) is 0 Å². The first-order valence-electron chi connectivity index (χ1n) is 6.75. The Hall–Kier alpha value is -1.42. The molecule has 0 aromatic heterocycles. The smallest absolute Gasteiger partial charge is 0.231 e. The van der Waals surface area contributed by atoms with E-state index in [0.29, 0.717) is 24.9 Å². The minimum absolute atomic E-state index is 0.344. The minimum atomic E-state index is 0.344. The van der Waals surface area contributed by atoms with Gasteiger partial charge in [0.05, 0.1) is 0 Å². The van der Waals surface area contributed by atoms with Crippen LogP contribution in [0.15, 0.2) is 18.2 Å². The highest BCUT2D eigenvalue weighted by Gasteiger charge is 2.39. The van der Waals surface area contributed by atoms with Crippen molar-refractivity contribution in [3.8, 4) is 11.5 Å². The summed E-state index contributed by atoms with van der Waals surface area (Å²) in [6, 6.07) is 7.89. The first kappa shape index (κ1) is 10.5. The zero-order chi connectivity index (χ0) is 12.1. The van der Waals surface area contributed by atoms with Crippen molar-refractivity contribution in [2.75, 3.05) is 11.7 Å². The van der Waals surface area contributed by atoms with Gasteiger partial charge in [-0.15, -0.1) is 0 Å². The average Bonchev–Trinajstić information content (AvgIpc) is 2.91. The van der Waals surface area contributed by atoms with Crippen LogP contribution in [0.4, 0.5) is 5.69 Å². The van der Waals surface area contributed by atoms with Crippen molar-refractivity contribution >= 4 is 5.69 Å². The molecule has 0 saturated carbocycles. The molecule has 1 aromatic carbocycles. The summed E-state index contributed by atoms with van der Waals surface area (Å²) < 4.78 is 10.8. The van der Waals surface area contributed by atoms with Crippen molar-refractivity contribution < 1.29 is 9.47 Å². The highest BCUT2D eigenvalue weighted by atomic mass is 16.7. The number of rotatable bonds is 1. The van der Waals surface area contributed by atoms with Gasteiger partial charge in [-0.3, -0.25) is 0 Å². The molecule has 2 fully saturated rings. The van der Waals surface area contributed by atoms with Crippen LogP contribution in [-0.4, -0.2) is 24.9 Å². The third kappa shape index (κ3) is 1.48. The Morgan fingerprint density at radius 3 is 2.56 bits per heavy atom. The van der Waals surface area contributed by atoms with Gasteiger partial charge in [0.15, 0.2) is 11.5 Å². The van der Waals surface area contributed by atoms with Gasteiger partial charge in [-0.1, -0.05) is 0 Å². The second kappa shape index (κ2) is 3.79. The topological polar surface area (TPSA) is 47.7 Å². The minimum Gasteiger partial charge on any atom is -0.454 e. The second-order valence-electron chi connectivity index (χ2n) is 5.56. The first-order valence-corrected chi connectivity index (χ1v) is 6.75. The fourth-order valence-corrected chi connectivity index (χ4v) is 3.69. The second-order valence-corrected chi connectivity index (χ2v) is 5.56. The maximum atomic E-state index is 6.11. The van der Waals surface area contributed by atoms with Gasteiger partial charge >= 0.3 is 0 Å². The molecule has 0 aliphatic carbocycles. The summed E-state index contributed by atoms with van der Waals surface area (Å²) in [6.45, 7) is 0.344. The predicted octanol–water partition coefficient (Wildman–Crippen LogP) is 1.87. The Kier molecular flexibility index (Phi) is 2.21. The summed E-state index contributed by atoms with van der Waals surface area (Å²) in [5, 5.41) is 0. The number of fused-ring (bicyclic) bond motifs is 3. The normalized spacial score (nSPS) is 32.9. The lowest BCUT2D eigenvalue weighted by molar-refractivity contribution is 0.174. The molecule has 0 amide bonds. The molecule has 96 valence electrons. The lowest BCUT2D eigenvalue weighted by atomic mass is 9.97. The molecule has 3 aliphatic heterocycles. The molecule has 4 nitrogen and oxygen atoms in total. The predicted molar refractivity (Wildman–Crippen MR) is 69.1 cm³/mol. The lowest BCUT2D eigenvalue weighted by Gasteiger charge is -2.39. The number of anilines is 1. The van der Waals surface area contributed by atoms with E-state index in [2.05, 4.69) is 17.0 Å². The largest absolute Gasteiger partial charge is 0.454 e. The molecule has 2 N–H and O–H groups in total. The van der Waals surface area contributed by atoms with E-state index in [9.17, 15) is 0 Å². The van der Waals surface area contributed by atoms with E-state index in [-0.39, 0.29) is 0 Å². The van der Waals surface area contributed by atoms with Crippen molar-refractivity contribution in [3.05, 3.63) is 18.2 Å². The molecule has 3 aliphatic rings. The number of benzene rings is 1. The van der Waals surface area contributed by atoms with Gasteiger partial charge in [0.25, 0.3) is 0 Å². The van der Waals surface area contributed by atoms with Crippen LogP contribution in [0.5, 0.6) is 11.5 Å². The molecule has 1 aromatic rings. The van der Waals surface area contributed by atoms with Crippen LogP contribution in [0.2, 0.25) is 0 Å². The average molecular weight is 246 g/mol. The lowest BCUT2D eigenvalue weighted by Crippen LogP contribution is -2.47. The van der Waals surface area contributed by atoms with Crippen molar-refractivity contribution in [3.63, 3.8) is 0 Å². The fraction of sp³-hybridized carbons (Fsp3) is 0.571. The van der Waals surface area contributed by atoms with Gasteiger partial charge in [-0.25, -0.2) is 0 Å². The summed E-state index contributed by atoms with van der Waals surface area (Å²) in [6.07, 6.45) is 4.77. The van der Waals surface area contributed by atoms with E-state index >= 15 is 0 Å². The van der Waals surface area contributed by atoms with Crippen molar-refractivity contribution in [2.45, 2.75) is 43.8 Å². The molecule has 4 rings (SSSR count). The van der Waals surface area contributed by atoms with Crippen molar-refractivity contribution in [1.29, 1.82) is 0 Å². The molecule has 0 spiro atoms. The van der Waals surface area contributed by atoms with Gasteiger partial charge in [-0.05, 0) is 37.8 Å². The summed E-state index contributed by atoms with van der Waals surface area (Å²) in [4.78, 5) is 2.55. The van der Waals surface area contributed by atoms with Crippen LogP contribution in [0.3, 0.4) is 0 Å². The third-order valence-electron chi connectivity index (χ3n) is 4.42. The van der Waals surface area contributed by atoms with Gasteiger partial charge in [-0.2, -0.15) is 0 Å². The zero-order valence-corrected chi connectivity index (χ0v) is 10.3. The monoisotopic (exact) mass is 246 g/mol. The van der Waals surface area contributed by atoms with Crippen LogP contribution >= 0.6 is 0 Å². The van der Waals surface area contributed by atoms with Crippen molar-refractivity contribution in [2.24, 2.45) is 5.73 Å². The van der Waals surface area contributed by atoms with E-state index in [1.165, 1.54) is 18.5 Å². The summed E-state index contributed by atoms with van der Waals surface area (Å²) in [7, 11) is 0. The number of nitrogens with two attached hydrogens (primary N) is 1. The Balaban J connectivity index is 1.67. The fourth-order valence-electron chi connectivity index (χ4n) is 3.69. The van der Waals surface area contributed by atoms with E-state index < -0.39 is 0 Å². The standard InChI is InChI=1S/C14H18N2O2/c15-9-5-10-1-2-11(6-9)16(10)12-3-4-13-14(7-12)18-8-17-13/h3-4,7,9-11H,1-2,5-6,8,15H2. The SMILES string of the molecule is NC1CC2CCC(C1)N2c1ccc2c(c1)OCO2. The number of piperidine rings is 1. The summed E-state index contributed by atoms with van der Waals surface area (Å²) >= 11 is 0. The van der Waals surface area contributed by atoms with Crippen LogP contribution in [0.1, 0.15) is 25.7 Å². The van der Waals surface area contributed by atoms with E-state index in [4.69, 9.17) is 15.2 Å². The Morgan fingerprint density at radius 1 is 1.06 bits per heavy atom. The molecule has 2 atom stereocenters. The number of hydrogen-bond acceptors (Lipinski definition) is 4. The Morgan fingerprint density at radius 2 is 1.78 bits per heavy atom. The van der Waals surface area contributed by atoms with Crippen LogP contribution in [0, 0.1) is 0 Å². The van der Waals surface area contributed by atoms with Gasteiger partial charge < -0.3 is 20.1 Å². The Bertz CT molecular complexity index is 463. The first-order chi connectivity index (χ1) is 8.81. The quantitative estimate of drug-likeness (QED) is 0.822. The molecular weight excluding hydrogens is 228 g/mol. The van der Waals surface area contributed by atoms with Gasteiger partial charge in [0.1, 0.15) is 0 Å². The number of nitrogens with zero attached hydrogens (tertiary/aromatic N) is 1. The highest BCUT2D eigenvalue weighted by molar-refractivity contribution is 5.59. The Labute approximate surface area is 107 Å². The van der Waals surface area contributed by atoms with E-state index in [1.807, 2.05) is 6.07 Å². The summed E-state index contributed by atoms with van der Waals surface area (Å²) in [5.74, 6) is 1.74. The van der Waals surface area contributed by atoms with Crippen LogP contribution in [-0.2, 0) is 0 Å². The third-order valence-corrected chi connectivity index (χ3v) is 4.42. The van der Waals surface area contributed by atoms with Gasteiger partial charge in [0, 0.05) is 29.9 Å². The van der Waals surface area contributed by atoms with Crippen LogP contribution in [0.25, 0.3) is 0 Å². The van der Waals surface area contributed by atoms with Gasteiger partial charge in [0.2, 0.25) is 6.79 Å². The maximum absolute atomic E-state index is 6.11. The molecule has 4 heteroatoms. The highest BCUT2D eigenvalue weighted by Crippen LogP contribution is 2.42. The number of ether oxygens (including phenoxy) is 2. The maximum Gasteiger partial charge on any atom is 0.231 e. The molecule has 2 saturated heterocycles. The van der Waals surface area contributed by atoms with E-state index in [1.54, 1.807) is 0 Å². The molecule has 18 heavy (non-hydrogen) atoms. The molecule has 2 bridgehead atoms. The summed E-state index contributed by atoms with van der Waals surface area (Å²) in [5.41, 5.74) is 7.38. The number of hydrogen-bond donors (Lipinski definition) is 1. The molecular formula is C14H18N2O2. The van der Waals surface area contributed by atoms with E-state index in [0.717, 1.165) is 24.3 Å².